The zero-order valence-electron chi connectivity index (χ0n) is 28.6. The van der Waals surface area contributed by atoms with Crippen molar-refractivity contribution in [1.82, 2.24) is 10.0 Å². The van der Waals surface area contributed by atoms with Crippen LogP contribution in [0.2, 0.25) is 5.02 Å². The number of nitrogens with zero attached hydrogens (tertiary/aromatic N) is 1. The van der Waals surface area contributed by atoms with Crippen LogP contribution in [0.3, 0.4) is 0 Å². The van der Waals surface area contributed by atoms with Gasteiger partial charge in [0.05, 0.1) is 42.5 Å². The Kier molecular flexibility index (Phi) is 9.94. The van der Waals surface area contributed by atoms with E-state index in [9.17, 15) is 18.0 Å². The molecule has 7 rings (SSSR count). The quantitative estimate of drug-likeness (QED) is 0.443. The molecule has 2 bridgehead atoms. The van der Waals surface area contributed by atoms with E-state index in [-0.39, 0.29) is 53.4 Å². The Morgan fingerprint density at radius 1 is 1.16 bits per heavy atom. The number of ether oxygens (including phenoxy) is 4. The third-order valence-electron chi connectivity index (χ3n) is 11.0. The van der Waals surface area contributed by atoms with E-state index in [4.69, 9.17) is 30.5 Å². The molecule has 2 amide bonds. The van der Waals surface area contributed by atoms with E-state index < -0.39 is 21.5 Å². The minimum Gasteiger partial charge on any atom is -0.490 e. The molecular weight excluding hydrogens is 682 g/mol. The number of rotatable bonds is 4. The molecule has 2 fully saturated rings. The van der Waals surface area contributed by atoms with Gasteiger partial charge in [-0.05, 0) is 106 Å². The van der Waals surface area contributed by atoms with Gasteiger partial charge in [0.1, 0.15) is 18.0 Å². The minimum absolute atomic E-state index is 0.0100. The highest BCUT2D eigenvalue weighted by Crippen LogP contribution is 2.47. The van der Waals surface area contributed by atoms with Crippen LogP contribution < -0.4 is 19.7 Å². The molecule has 270 valence electrons. The lowest BCUT2D eigenvalue weighted by Crippen LogP contribution is -2.50. The summed E-state index contributed by atoms with van der Waals surface area (Å²) in [5.41, 5.74) is 1.30. The van der Waals surface area contributed by atoms with Gasteiger partial charge < -0.3 is 29.2 Å². The summed E-state index contributed by atoms with van der Waals surface area (Å²) >= 11 is 6.44. The molecule has 0 aromatic heterocycles. The third-order valence-corrected chi connectivity index (χ3v) is 12.6. The summed E-state index contributed by atoms with van der Waals surface area (Å²) in [4.78, 5) is 28.4. The third kappa shape index (κ3) is 7.27. The van der Waals surface area contributed by atoms with E-state index >= 15 is 0 Å². The first-order valence-electron chi connectivity index (χ1n) is 17.6. The van der Waals surface area contributed by atoms with Crippen molar-refractivity contribution in [3.63, 3.8) is 0 Å². The molecule has 2 aromatic rings. The van der Waals surface area contributed by atoms with Gasteiger partial charge in [0.25, 0.3) is 15.9 Å². The van der Waals surface area contributed by atoms with Crippen molar-refractivity contribution in [2.75, 3.05) is 51.0 Å². The van der Waals surface area contributed by atoms with Crippen LogP contribution in [0.1, 0.15) is 57.1 Å². The number of sulfonamides is 1. The fraction of sp³-hybridized carbons (Fsp3) is 0.568. The van der Waals surface area contributed by atoms with Crippen LogP contribution in [0, 0.1) is 11.8 Å². The van der Waals surface area contributed by atoms with Crippen LogP contribution in [0.15, 0.2) is 53.4 Å². The number of carbonyl (C=O) groups is 2. The number of nitrogens with one attached hydrogen (secondary N) is 2. The van der Waals surface area contributed by atoms with Gasteiger partial charge in [-0.2, -0.15) is 0 Å². The Balaban J connectivity index is 1.24. The van der Waals surface area contributed by atoms with E-state index in [0.29, 0.717) is 49.4 Å². The fourth-order valence-electron chi connectivity index (χ4n) is 8.03. The van der Waals surface area contributed by atoms with Crippen LogP contribution in [0.5, 0.6) is 5.75 Å². The summed E-state index contributed by atoms with van der Waals surface area (Å²) in [7, 11) is -4.23. The van der Waals surface area contributed by atoms with Gasteiger partial charge >= 0.3 is 0 Å². The molecule has 5 atom stereocenters. The molecule has 3 aliphatic heterocycles. The fourth-order valence-corrected chi connectivity index (χ4v) is 9.34. The van der Waals surface area contributed by atoms with Gasteiger partial charge in [-0.3, -0.25) is 9.59 Å². The lowest BCUT2D eigenvalue weighted by Gasteiger charge is -2.46. The van der Waals surface area contributed by atoms with E-state index in [1.165, 1.54) is 31.0 Å². The highest BCUT2D eigenvalue weighted by atomic mass is 35.5. The SMILES string of the molecule is CC1(C)OCC=C[C@H](OCC(=O)N[C@H]2CCOC2)[C@@H]2CC[C@H]2CN2C[C@@]3(CCCc4cc(Cl)ccc43)COc3ccc(cc32)S(=O)(=O)NC1=O. The zero-order chi connectivity index (χ0) is 35.1. The molecule has 2 N–H and O–H groups in total. The maximum atomic E-state index is 13.6. The first-order valence-corrected chi connectivity index (χ1v) is 19.5. The maximum absolute atomic E-state index is 13.6. The topological polar surface area (TPSA) is 132 Å². The standard InChI is InChI=1S/C37H46ClN3O8S/c1-36(2)35(43)40-50(44,45)28-9-12-33-31(18-28)41(22-37(23-48-33)14-3-5-24-17-26(38)8-11-30(24)37)19-25-7-10-29(25)32(6-4-15-49-36)47-21-34(42)39-27-13-16-46-20-27/h4,6,8-9,11-12,17-18,25,27,29,32H,3,5,7,10,13-16,19-23H2,1-2H3,(H,39,42)(H,40,43)/t25-,27-,29+,32-,37-/m0/s1. The van der Waals surface area contributed by atoms with E-state index in [1.807, 2.05) is 12.1 Å². The molecule has 0 radical (unpaired) electrons. The maximum Gasteiger partial charge on any atom is 0.265 e. The van der Waals surface area contributed by atoms with Crippen LogP contribution in [-0.2, 0) is 45.7 Å². The summed E-state index contributed by atoms with van der Waals surface area (Å²) in [5.74, 6) is -0.0779. The second-order valence-corrected chi connectivity index (χ2v) is 16.9. The lowest BCUT2D eigenvalue weighted by atomic mass is 9.68. The second-order valence-electron chi connectivity index (χ2n) is 14.8. The molecule has 2 aromatic carbocycles. The van der Waals surface area contributed by atoms with Crippen molar-refractivity contribution in [2.45, 2.75) is 80.4 Å². The first-order chi connectivity index (χ1) is 23.9. The van der Waals surface area contributed by atoms with E-state index in [1.54, 1.807) is 18.2 Å². The van der Waals surface area contributed by atoms with Gasteiger partial charge in [-0.15, -0.1) is 0 Å². The van der Waals surface area contributed by atoms with Crippen molar-refractivity contribution in [3.05, 3.63) is 64.7 Å². The van der Waals surface area contributed by atoms with Crippen molar-refractivity contribution in [3.8, 4) is 5.75 Å². The highest BCUT2D eigenvalue weighted by molar-refractivity contribution is 7.90. The van der Waals surface area contributed by atoms with Gasteiger partial charge in [-0.25, -0.2) is 13.1 Å². The molecule has 2 aliphatic carbocycles. The Morgan fingerprint density at radius 3 is 2.80 bits per heavy atom. The summed E-state index contributed by atoms with van der Waals surface area (Å²) in [6.45, 7) is 5.84. The number of hydrogen-bond donors (Lipinski definition) is 2. The van der Waals surface area contributed by atoms with Gasteiger partial charge in [-0.1, -0.05) is 29.8 Å². The van der Waals surface area contributed by atoms with Crippen LogP contribution >= 0.6 is 11.6 Å². The first kappa shape index (κ1) is 35.3. The summed E-state index contributed by atoms with van der Waals surface area (Å²) in [6, 6.07) is 10.9. The van der Waals surface area contributed by atoms with Crippen molar-refractivity contribution < 1.29 is 37.0 Å². The normalized spacial score (nSPS) is 30.2. The molecular formula is C37H46ClN3O8S. The van der Waals surface area contributed by atoms with Crippen molar-refractivity contribution in [1.29, 1.82) is 0 Å². The number of benzene rings is 2. The van der Waals surface area contributed by atoms with Crippen molar-refractivity contribution in [2.24, 2.45) is 11.8 Å². The summed E-state index contributed by atoms with van der Waals surface area (Å²) < 4.78 is 53.7. The summed E-state index contributed by atoms with van der Waals surface area (Å²) in [5, 5.41) is 3.71. The Morgan fingerprint density at radius 2 is 2.02 bits per heavy atom. The van der Waals surface area contributed by atoms with Crippen LogP contribution in [0.4, 0.5) is 5.69 Å². The Hall–Kier alpha value is -3.16. The number of aryl methyl sites for hydroxylation is 1. The van der Waals surface area contributed by atoms with Gasteiger partial charge in [0.15, 0.2) is 0 Å². The number of halogens is 1. The molecule has 50 heavy (non-hydrogen) atoms. The molecule has 0 unspecified atom stereocenters. The minimum atomic E-state index is -4.23. The molecule has 5 aliphatic rings. The lowest BCUT2D eigenvalue weighted by molar-refractivity contribution is -0.139. The predicted octanol–water partition coefficient (Wildman–Crippen LogP) is 4.30. The average molecular weight is 728 g/mol. The predicted molar refractivity (Wildman–Crippen MR) is 188 cm³/mol. The number of hydrogen-bond acceptors (Lipinski definition) is 9. The van der Waals surface area contributed by atoms with Gasteiger partial charge in [0, 0.05) is 30.1 Å². The van der Waals surface area contributed by atoms with Crippen molar-refractivity contribution >= 4 is 39.1 Å². The molecule has 11 nitrogen and oxygen atoms in total. The number of amides is 2. The summed E-state index contributed by atoms with van der Waals surface area (Å²) in [6.07, 6.45) is 8.80. The molecule has 1 saturated heterocycles. The number of anilines is 1. The van der Waals surface area contributed by atoms with E-state index in [0.717, 1.165) is 38.5 Å². The zero-order valence-corrected chi connectivity index (χ0v) is 30.2. The molecule has 1 saturated carbocycles. The molecule has 13 heteroatoms. The molecule has 3 heterocycles. The molecule has 1 spiro atoms. The number of carbonyl (C=O) groups excluding carboxylic acids is 2. The number of fused-ring (bicyclic) bond motifs is 4. The Labute approximate surface area is 299 Å². The highest BCUT2D eigenvalue weighted by Gasteiger charge is 2.45. The smallest absolute Gasteiger partial charge is 0.265 e. The average Bonchev–Trinajstić information content (AvgIpc) is 3.52. The van der Waals surface area contributed by atoms with Gasteiger partial charge in [0.2, 0.25) is 5.91 Å². The monoisotopic (exact) mass is 727 g/mol. The Bertz CT molecular complexity index is 1760. The largest absolute Gasteiger partial charge is 0.490 e. The van der Waals surface area contributed by atoms with Crippen LogP contribution in [-0.4, -0.2) is 84.1 Å². The van der Waals surface area contributed by atoms with E-state index in [2.05, 4.69) is 27.1 Å². The van der Waals surface area contributed by atoms with Crippen LogP contribution in [0.25, 0.3) is 0 Å². The second kappa shape index (κ2) is 14.1.